The van der Waals surface area contributed by atoms with Crippen LogP contribution in [0, 0.1) is 0 Å². The molecule has 31 heavy (non-hydrogen) atoms. The number of aromatic nitrogens is 1. The van der Waals surface area contributed by atoms with Crippen LogP contribution in [0.1, 0.15) is 30.9 Å². The monoisotopic (exact) mass is 543 g/mol. The van der Waals surface area contributed by atoms with E-state index in [1.165, 1.54) is 5.56 Å². The van der Waals surface area contributed by atoms with Gasteiger partial charge in [-0.05, 0) is 31.0 Å². The fourth-order valence-corrected chi connectivity index (χ4v) is 3.53. The van der Waals surface area contributed by atoms with E-state index in [0.717, 1.165) is 74.6 Å². The molecule has 1 N–H and O–H groups in total. The Morgan fingerprint density at radius 3 is 2.45 bits per heavy atom. The standard InChI is InChI=1S/C22H33N5O3.HI/c1-5-18-14-19(30-25-18)15-24-22(23-6-2)27-11-9-26(10-12-27)16-17-7-8-20(28-3)21(13-17)29-4;/h7-8,13-14H,5-6,9-12,15-16H2,1-4H3,(H,23,24);1H. The summed E-state index contributed by atoms with van der Waals surface area (Å²) in [4.78, 5) is 9.52. The van der Waals surface area contributed by atoms with Gasteiger partial charge in [-0.3, -0.25) is 4.90 Å². The van der Waals surface area contributed by atoms with Crippen molar-refractivity contribution in [2.75, 3.05) is 46.9 Å². The first-order valence-corrected chi connectivity index (χ1v) is 10.6. The molecule has 1 aliphatic rings. The second-order valence-electron chi connectivity index (χ2n) is 7.26. The first-order chi connectivity index (χ1) is 14.7. The fourth-order valence-electron chi connectivity index (χ4n) is 3.53. The van der Waals surface area contributed by atoms with E-state index in [0.29, 0.717) is 6.54 Å². The summed E-state index contributed by atoms with van der Waals surface area (Å²) in [6.45, 7) is 10.2. The second kappa shape index (κ2) is 12.7. The molecule has 8 nitrogen and oxygen atoms in total. The highest BCUT2D eigenvalue weighted by atomic mass is 127. The number of aryl methyl sites for hydroxylation is 1. The normalized spacial score (nSPS) is 14.8. The predicted molar refractivity (Wildman–Crippen MR) is 133 cm³/mol. The fraction of sp³-hybridized carbons (Fsp3) is 0.545. The summed E-state index contributed by atoms with van der Waals surface area (Å²) in [5.74, 6) is 3.26. The number of rotatable bonds is 8. The Balaban J connectivity index is 0.00000341. The molecule has 2 aromatic rings. The molecule has 0 bridgehead atoms. The Labute approximate surface area is 202 Å². The summed E-state index contributed by atoms with van der Waals surface area (Å²) >= 11 is 0. The molecular weight excluding hydrogens is 509 g/mol. The molecule has 0 atom stereocenters. The van der Waals surface area contributed by atoms with E-state index in [1.54, 1.807) is 14.2 Å². The van der Waals surface area contributed by atoms with E-state index in [1.807, 2.05) is 12.1 Å². The average Bonchev–Trinajstić information content (AvgIpc) is 3.25. The number of halogens is 1. The summed E-state index contributed by atoms with van der Waals surface area (Å²) in [6.07, 6.45) is 0.870. The van der Waals surface area contributed by atoms with Crippen LogP contribution in [0.3, 0.4) is 0 Å². The van der Waals surface area contributed by atoms with Crippen LogP contribution in [0.5, 0.6) is 11.5 Å². The van der Waals surface area contributed by atoms with Gasteiger partial charge in [0.25, 0.3) is 0 Å². The number of methoxy groups -OCH3 is 2. The predicted octanol–water partition coefficient (Wildman–Crippen LogP) is 3.16. The van der Waals surface area contributed by atoms with Crippen molar-refractivity contribution in [2.45, 2.75) is 33.4 Å². The summed E-state index contributed by atoms with van der Waals surface area (Å²) in [6, 6.07) is 8.10. The Morgan fingerprint density at radius 2 is 1.84 bits per heavy atom. The number of aliphatic imine (C=N–C) groups is 1. The Kier molecular flexibility index (Phi) is 10.4. The van der Waals surface area contributed by atoms with Crippen LogP contribution in [-0.2, 0) is 19.5 Å². The average molecular weight is 543 g/mol. The van der Waals surface area contributed by atoms with Crippen LogP contribution in [0.2, 0.25) is 0 Å². The molecule has 3 rings (SSSR count). The molecular formula is C22H34IN5O3. The van der Waals surface area contributed by atoms with Crippen molar-refractivity contribution >= 4 is 29.9 Å². The zero-order valence-corrected chi connectivity index (χ0v) is 21.2. The lowest BCUT2D eigenvalue weighted by molar-refractivity contribution is 0.172. The van der Waals surface area contributed by atoms with Crippen molar-refractivity contribution in [1.82, 2.24) is 20.3 Å². The number of nitrogens with zero attached hydrogens (tertiary/aromatic N) is 4. The third-order valence-electron chi connectivity index (χ3n) is 5.22. The number of hydrogen-bond acceptors (Lipinski definition) is 6. The van der Waals surface area contributed by atoms with Gasteiger partial charge in [-0.2, -0.15) is 0 Å². The number of guanidine groups is 1. The second-order valence-corrected chi connectivity index (χ2v) is 7.26. The molecule has 0 saturated carbocycles. The van der Waals surface area contributed by atoms with Crippen molar-refractivity contribution in [3.8, 4) is 11.5 Å². The van der Waals surface area contributed by atoms with Crippen molar-refractivity contribution in [3.63, 3.8) is 0 Å². The van der Waals surface area contributed by atoms with E-state index in [4.69, 9.17) is 19.0 Å². The quantitative estimate of drug-likeness (QED) is 0.312. The van der Waals surface area contributed by atoms with Gasteiger partial charge in [-0.1, -0.05) is 18.1 Å². The molecule has 172 valence electrons. The van der Waals surface area contributed by atoms with Gasteiger partial charge in [0, 0.05) is 45.3 Å². The molecule has 1 aliphatic heterocycles. The lowest BCUT2D eigenvalue weighted by Crippen LogP contribution is -2.52. The van der Waals surface area contributed by atoms with Crippen molar-refractivity contribution in [2.24, 2.45) is 4.99 Å². The maximum atomic E-state index is 5.43. The minimum absolute atomic E-state index is 0. The van der Waals surface area contributed by atoms with Crippen LogP contribution in [-0.4, -0.2) is 67.9 Å². The highest BCUT2D eigenvalue weighted by Crippen LogP contribution is 2.28. The maximum Gasteiger partial charge on any atom is 0.194 e. The highest BCUT2D eigenvalue weighted by molar-refractivity contribution is 14.0. The highest BCUT2D eigenvalue weighted by Gasteiger charge is 2.20. The lowest BCUT2D eigenvalue weighted by atomic mass is 10.1. The number of piperazine rings is 1. The molecule has 1 aromatic carbocycles. The molecule has 1 fully saturated rings. The van der Waals surface area contributed by atoms with E-state index < -0.39 is 0 Å². The van der Waals surface area contributed by atoms with Crippen molar-refractivity contribution in [1.29, 1.82) is 0 Å². The molecule has 0 radical (unpaired) electrons. The summed E-state index contributed by atoms with van der Waals surface area (Å²) in [5, 5.41) is 7.44. The van der Waals surface area contributed by atoms with E-state index in [2.05, 4.69) is 46.3 Å². The smallest absolute Gasteiger partial charge is 0.194 e. The van der Waals surface area contributed by atoms with E-state index in [9.17, 15) is 0 Å². The lowest BCUT2D eigenvalue weighted by Gasteiger charge is -2.36. The first kappa shape index (κ1) is 25.3. The molecule has 0 amide bonds. The van der Waals surface area contributed by atoms with Gasteiger partial charge in [0.1, 0.15) is 6.54 Å². The molecule has 0 unspecified atom stereocenters. The summed E-state index contributed by atoms with van der Waals surface area (Å²) in [5.41, 5.74) is 2.19. The first-order valence-electron chi connectivity index (χ1n) is 10.6. The van der Waals surface area contributed by atoms with Gasteiger partial charge in [-0.15, -0.1) is 24.0 Å². The largest absolute Gasteiger partial charge is 0.493 e. The van der Waals surface area contributed by atoms with Crippen LogP contribution >= 0.6 is 24.0 Å². The van der Waals surface area contributed by atoms with E-state index in [-0.39, 0.29) is 24.0 Å². The minimum Gasteiger partial charge on any atom is -0.493 e. The van der Waals surface area contributed by atoms with Gasteiger partial charge in [0.2, 0.25) is 0 Å². The Hall–Kier alpha value is -2.01. The zero-order chi connectivity index (χ0) is 21.3. The van der Waals surface area contributed by atoms with E-state index >= 15 is 0 Å². The molecule has 2 heterocycles. The van der Waals surface area contributed by atoms with Crippen LogP contribution < -0.4 is 14.8 Å². The van der Waals surface area contributed by atoms with Crippen LogP contribution in [0.4, 0.5) is 0 Å². The molecule has 0 aliphatic carbocycles. The van der Waals surface area contributed by atoms with Gasteiger partial charge in [0.05, 0.1) is 19.9 Å². The summed E-state index contributed by atoms with van der Waals surface area (Å²) < 4.78 is 16.1. The zero-order valence-electron chi connectivity index (χ0n) is 18.9. The summed E-state index contributed by atoms with van der Waals surface area (Å²) in [7, 11) is 3.33. The van der Waals surface area contributed by atoms with Gasteiger partial charge in [0.15, 0.2) is 23.2 Å². The SMILES string of the molecule is CCNC(=NCc1cc(CC)no1)N1CCN(Cc2ccc(OC)c(OC)c2)CC1.I. The molecule has 9 heteroatoms. The maximum absolute atomic E-state index is 5.43. The van der Waals surface area contributed by atoms with Crippen LogP contribution in [0.25, 0.3) is 0 Å². The Bertz CT molecular complexity index is 834. The van der Waals surface area contributed by atoms with Gasteiger partial charge >= 0.3 is 0 Å². The van der Waals surface area contributed by atoms with Crippen molar-refractivity contribution < 1.29 is 14.0 Å². The van der Waals surface area contributed by atoms with Crippen LogP contribution in [0.15, 0.2) is 33.8 Å². The molecule has 1 aromatic heterocycles. The number of benzene rings is 1. The number of nitrogens with one attached hydrogen (secondary N) is 1. The third kappa shape index (κ3) is 6.99. The minimum atomic E-state index is 0. The topological polar surface area (TPSA) is 75.4 Å². The Morgan fingerprint density at radius 1 is 1.10 bits per heavy atom. The molecule has 0 spiro atoms. The van der Waals surface area contributed by atoms with Crippen molar-refractivity contribution in [3.05, 3.63) is 41.3 Å². The van der Waals surface area contributed by atoms with Gasteiger partial charge in [-0.25, -0.2) is 4.99 Å². The molecule has 1 saturated heterocycles. The number of hydrogen-bond donors (Lipinski definition) is 1. The third-order valence-corrected chi connectivity index (χ3v) is 5.22. The number of ether oxygens (including phenoxy) is 2. The van der Waals surface area contributed by atoms with Gasteiger partial charge < -0.3 is 24.2 Å².